The molecule has 0 spiro atoms. The lowest BCUT2D eigenvalue weighted by Gasteiger charge is -2.29. The van der Waals surface area contributed by atoms with Crippen molar-refractivity contribution in [2.24, 2.45) is 5.73 Å². The summed E-state index contributed by atoms with van der Waals surface area (Å²) in [5, 5.41) is 0.578. The van der Waals surface area contributed by atoms with Crippen LogP contribution in [0.5, 0.6) is 5.75 Å². The number of carbonyl (C=O) groups excluding carboxylic acids is 1. The Bertz CT molecular complexity index is 395. The third kappa shape index (κ3) is 1.91. The van der Waals surface area contributed by atoms with Crippen molar-refractivity contribution in [1.82, 2.24) is 0 Å². The Balaban J connectivity index is 2.41. The summed E-state index contributed by atoms with van der Waals surface area (Å²) in [5.41, 5.74) is 6.15. The van der Waals surface area contributed by atoms with Gasteiger partial charge in [-0.15, -0.1) is 0 Å². The van der Waals surface area contributed by atoms with E-state index in [1.807, 2.05) is 0 Å². The van der Waals surface area contributed by atoms with Gasteiger partial charge in [-0.3, -0.25) is 4.79 Å². The normalized spacial score (nSPS) is 14.8. The topological polar surface area (TPSA) is 55.6 Å². The SMILES string of the molecule is NCCN1C(=O)COc2ccc(Cl)cc21. The first kappa shape index (κ1) is 10.3. The van der Waals surface area contributed by atoms with E-state index in [1.54, 1.807) is 23.1 Å². The number of fused-ring (bicyclic) bond motifs is 1. The number of halogens is 1. The quantitative estimate of drug-likeness (QED) is 0.820. The van der Waals surface area contributed by atoms with Crippen LogP contribution in [0, 0.1) is 0 Å². The number of nitrogens with two attached hydrogens (primary N) is 1. The van der Waals surface area contributed by atoms with E-state index in [0.717, 1.165) is 0 Å². The summed E-state index contributed by atoms with van der Waals surface area (Å²) in [4.78, 5) is 13.2. The van der Waals surface area contributed by atoms with E-state index in [4.69, 9.17) is 22.1 Å². The molecule has 0 fully saturated rings. The molecule has 0 unspecified atom stereocenters. The van der Waals surface area contributed by atoms with Gasteiger partial charge in [-0.1, -0.05) is 11.6 Å². The highest BCUT2D eigenvalue weighted by molar-refractivity contribution is 6.31. The molecule has 0 radical (unpaired) electrons. The van der Waals surface area contributed by atoms with E-state index in [-0.39, 0.29) is 12.5 Å². The van der Waals surface area contributed by atoms with Gasteiger partial charge >= 0.3 is 0 Å². The molecule has 0 saturated heterocycles. The Morgan fingerprint density at radius 3 is 3.07 bits per heavy atom. The van der Waals surface area contributed by atoms with Gasteiger partial charge in [0.2, 0.25) is 0 Å². The van der Waals surface area contributed by atoms with Crippen LogP contribution in [0.2, 0.25) is 5.02 Å². The van der Waals surface area contributed by atoms with Gasteiger partial charge < -0.3 is 15.4 Å². The van der Waals surface area contributed by atoms with Crippen LogP contribution in [0.3, 0.4) is 0 Å². The zero-order valence-electron chi connectivity index (χ0n) is 8.07. The van der Waals surface area contributed by atoms with Gasteiger partial charge in [0.05, 0.1) is 5.69 Å². The maximum Gasteiger partial charge on any atom is 0.265 e. The van der Waals surface area contributed by atoms with E-state index in [0.29, 0.717) is 29.5 Å². The Hall–Kier alpha value is -1.26. The van der Waals surface area contributed by atoms with Gasteiger partial charge in [0, 0.05) is 18.1 Å². The van der Waals surface area contributed by atoms with Gasteiger partial charge in [0.15, 0.2) is 6.61 Å². The molecule has 2 N–H and O–H groups in total. The Labute approximate surface area is 92.6 Å². The van der Waals surface area contributed by atoms with Crippen molar-refractivity contribution < 1.29 is 9.53 Å². The van der Waals surface area contributed by atoms with Crippen molar-refractivity contribution in [3.63, 3.8) is 0 Å². The van der Waals surface area contributed by atoms with E-state index < -0.39 is 0 Å². The lowest BCUT2D eigenvalue weighted by molar-refractivity contribution is -0.121. The molecule has 5 heteroatoms. The number of hydrogen-bond donors (Lipinski definition) is 1. The standard InChI is InChI=1S/C10H11ClN2O2/c11-7-1-2-9-8(5-7)13(4-3-12)10(14)6-15-9/h1-2,5H,3-4,6,12H2. The average Bonchev–Trinajstić information content (AvgIpc) is 2.23. The van der Waals surface area contributed by atoms with Crippen LogP contribution >= 0.6 is 11.6 Å². The molecule has 80 valence electrons. The second kappa shape index (κ2) is 4.08. The Kier molecular flexibility index (Phi) is 2.79. The summed E-state index contributed by atoms with van der Waals surface area (Å²) >= 11 is 5.87. The first-order valence-corrected chi connectivity index (χ1v) is 5.03. The minimum atomic E-state index is -0.0878. The van der Waals surface area contributed by atoms with Crippen LogP contribution in [0.25, 0.3) is 0 Å². The van der Waals surface area contributed by atoms with Gasteiger partial charge in [0.25, 0.3) is 5.91 Å². The molecule has 0 atom stereocenters. The molecule has 1 aliphatic rings. The number of anilines is 1. The fourth-order valence-corrected chi connectivity index (χ4v) is 1.72. The zero-order valence-corrected chi connectivity index (χ0v) is 8.83. The summed E-state index contributed by atoms with van der Waals surface area (Å²) in [6, 6.07) is 5.20. The van der Waals surface area contributed by atoms with E-state index in [9.17, 15) is 4.79 Å². The molecule has 0 bridgehead atoms. The molecule has 0 aliphatic carbocycles. The number of hydrogen-bond acceptors (Lipinski definition) is 3. The smallest absolute Gasteiger partial charge is 0.265 e. The highest BCUT2D eigenvalue weighted by atomic mass is 35.5. The molecular formula is C10H11ClN2O2. The average molecular weight is 227 g/mol. The summed E-state index contributed by atoms with van der Waals surface area (Å²) in [5.74, 6) is 0.586. The molecule has 1 heterocycles. The summed E-state index contributed by atoms with van der Waals surface area (Å²) in [6.07, 6.45) is 0. The van der Waals surface area contributed by atoms with Crippen LogP contribution in [0.1, 0.15) is 0 Å². The summed E-state index contributed by atoms with van der Waals surface area (Å²) < 4.78 is 5.28. The molecule has 1 aromatic carbocycles. The molecule has 1 aliphatic heterocycles. The highest BCUT2D eigenvalue weighted by Gasteiger charge is 2.24. The van der Waals surface area contributed by atoms with E-state index in [2.05, 4.69) is 0 Å². The first-order chi connectivity index (χ1) is 7.22. The summed E-state index contributed by atoms with van der Waals surface area (Å²) in [6.45, 7) is 0.960. The van der Waals surface area contributed by atoms with Crippen molar-refractivity contribution in [2.75, 3.05) is 24.6 Å². The number of benzene rings is 1. The molecule has 1 aromatic rings. The van der Waals surface area contributed by atoms with Crippen molar-refractivity contribution in [1.29, 1.82) is 0 Å². The molecule has 1 amide bonds. The van der Waals surface area contributed by atoms with Crippen LogP contribution in [0.4, 0.5) is 5.69 Å². The lowest BCUT2D eigenvalue weighted by Crippen LogP contribution is -2.41. The third-order valence-corrected chi connectivity index (χ3v) is 2.45. The van der Waals surface area contributed by atoms with E-state index >= 15 is 0 Å². The Morgan fingerprint density at radius 2 is 2.33 bits per heavy atom. The predicted molar refractivity (Wildman–Crippen MR) is 58.4 cm³/mol. The molecule has 2 rings (SSSR count). The number of rotatable bonds is 2. The van der Waals surface area contributed by atoms with Gasteiger partial charge in [-0.05, 0) is 18.2 Å². The third-order valence-electron chi connectivity index (χ3n) is 2.22. The first-order valence-electron chi connectivity index (χ1n) is 4.65. The van der Waals surface area contributed by atoms with Crippen LogP contribution in [0.15, 0.2) is 18.2 Å². The second-order valence-corrected chi connectivity index (χ2v) is 3.67. The molecule has 4 nitrogen and oxygen atoms in total. The van der Waals surface area contributed by atoms with Crippen molar-refractivity contribution in [3.05, 3.63) is 23.2 Å². The second-order valence-electron chi connectivity index (χ2n) is 3.23. The van der Waals surface area contributed by atoms with Crippen molar-refractivity contribution in [3.8, 4) is 5.75 Å². The fourth-order valence-electron chi connectivity index (χ4n) is 1.55. The molecule has 0 saturated carbocycles. The zero-order chi connectivity index (χ0) is 10.8. The van der Waals surface area contributed by atoms with Gasteiger partial charge in [-0.25, -0.2) is 0 Å². The number of nitrogens with zero attached hydrogens (tertiary/aromatic N) is 1. The predicted octanol–water partition coefficient (Wildman–Crippen LogP) is 1.02. The maximum atomic E-state index is 11.6. The molecular weight excluding hydrogens is 216 g/mol. The summed E-state index contributed by atoms with van der Waals surface area (Å²) in [7, 11) is 0. The van der Waals surface area contributed by atoms with E-state index in [1.165, 1.54) is 0 Å². The van der Waals surface area contributed by atoms with Crippen LogP contribution in [-0.4, -0.2) is 25.6 Å². The number of carbonyl (C=O) groups is 1. The minimum absolute atomic E-state index is 0.0641. The van der Waals surface area contributed by atoms with Crippen LogP contribution in [-0.2, 0) is 4.79 Å². The monoisotopic (exact) mass is 226 g/mol. The largest absolute Gasteiger partial charge is 0.482 e. The molecule has 0 aromatic heterocycles. The number of amides is 1. The van der Waals surface area contributed by atoms with Gasteiger partial charge in [0.1, 0.15) is 5.75 Å². The fraction of sp³-hybridized carbons (Fsp3) is 0.300. The maximum absolute atomic E-state index is 11.6. The van der Waals surface area contributed by atoms with Crippen LogP contribution < -0.4 is 15.4 Å². The van der Waals surface area contributed by atoms with Gasteiger partial charge in [-0.2, -0.15) is 0 Å². The highest BCUT2D eigenvalue weighted by Crippen LogP contribution is 2.33. The van der Waals surface area contributed by atoms with Crippen molar-refractivity contribution >= 4 is 23.2 Å². The number of ether oxygens (including phenoxy) is 1. The Morgan fingerprint density at radius 1 is 1.53 bits per heavy atom. The van der Waals surface area contributed by atoms with Crippen molar-refractivity contribution in [2.45, 2.75) is 0 Å². The lowest BCUT2D eigenvalue weighted by atomic mass is 10.2. The molecule has 15 heavy (non-hydrogen) atoms. The minimum Gasteiger partial charge on any atom is -0.482 e.